The molecule has 0 aliphatic heterocycles. The molecule has 2 fully saturated rings. The smallest absolute Gasteiger partial charge is 0.161 e. The molecule has 0 aromatic heterocycles. The van der Waals surface area contributed by atoms with Crippen LogP contribution in [0.2, 0.25) is 0 Å². The van der Waals surface area contributed by atoms with Gasteiger partial charge in [-0.25, -0.2) is 0 Å². The van der Waals surface area contributed by atoms with Gasteiger partial charge in [-0.05, 0) is 62.1 Å². The van der Waals surface area contributed by atoms with Crippen LogP contribution in [0.15, 0.2) is 10.5 Å². The van der Waals surface area contributed by atoms with Crippen LogP contribution in [0.5, 0.6) is 11.5 Å². The number of fused-ring (bicyclic) bond motifs is 5. The summed E-state index contributed by atoms with van der Waals surface area (Å²) in [5, 5.41) is 15.1. The zero-order valence-electron chi connectivity index (χ0n) is 17.2. The van der Waals surface area contributed by atoms with Gasteiger partial charge < -0.3 is 20.0 Å². The van der Waals surface area contributed by atoms with E-state index in [1.54, 1.807) is 7.11 Å². The van der Waals surface area contributed by atoms with Crippen LogP contribution in [-0.2, 0) is 15.6 Å². The first-order valence-corrected chi connectivity index (χ1v) is 11.5. The molecule has 2 bridgehead atoms. The fourth-order valence-electron chi connectivity index (χ4n) is 6.61. The monoisotopic (exact) mass is 449 g/mol. The lowest BCUT2D eigenvalue weighted by atomic mass is 9.64. The summed E-state index contributed by atoms with van der Waals surface area (Å²) in [5.41, 5.74) is 2.11. The van der Waals surface area contributed by atoms with Crippen LogP contribution in [-0.4, -0.2) is 31.1 Å². The van der Waals surface area contributed by atoms with Crippen molar-refractivity contribution in [2.45, 2.75) is 75.7 Å². The standard InChI is InChI=1S/C23H32BrNO3/c1-4-23-13-22(2,18-16(24)11-17(28-3)20(27)19(18)23)21(15(23)9-6-10-26)25-12-14-7-5-8-14/h10-11,14-15,21,25,27H,4-9,12-13H2,1-3H3/t15?,21?,22?,23-/m0/s1. The Labute approximate surface area is 176 Å². The van der Waals surface area contributed by atoms with Gasteiger partial charge in [0.15, 0.2) is 11.5 Å². The molecule has 2 N–H and O–H groups in total. The maximum Gasteiger partial charge on any atom is 0.161 e. The van der Waals surface area contributed by atoms with E-state index in [0.29, 0.717) is 29.9 Å². The maximum absolute atomic E-state index is 11.2. The van der Waals surface area contributed by atoms with Crippen molar-refractivity contribution in [2.24, 2.45) is 11.8 Å². The number of benzene rings is 1. The number of hydrogen-bond donors (Lipinski definition) is 2. The van der Waals surface area contributed by atoms with E-state index >= 15 is 0 Å². The molecule has 3 aliphatic rings. The molecule has 154 valence electrons. The third-order valence-corrected chi connectivity index (χ3v) is 8.69. The van der Waals surface area contributed by atoms with Gasteiger partial charge in [0.1, 0.15) is 6.29 Å². The van der Waals surface area contributed by atoms with Crippen molar-refractivity contribution in [3.05, 3.63) is 21.7 Å². The van der Waals surface area contributed by atoms with Crippen molar-refractivity contribution in [3.63, 3.8) is 0 Å². The van der Waals surface area contributed by atoms with Gasteiger partial charge >= 0.3 is 0 Å². The van der Waals surface area contributed by atoms with Crippen molar-refractivity contribution in [1.29, 1.82) is 0 Å². The third-order valence-electron chi connectivity index (χ3n) is 8.06. The maximum atomic E-state index is 11.2. The van der Waals surface area contributed by atoms with E-state index in [-0.39, 0.29) is 10.8 Å². The molecule has 1 aromatic rings. The number of halogens is 1. The molecule has 0 saturated heterocycles. The van der Waals surface area contributed by atoms with E-state index in [9.17, 15) is 9.90 Å². The molecule has 2 saturated carbocycles. The predicted molar refractivity (Wildman–Crippen MR) is 114 cm³/mol. The lowest BCUT2D eigenvalue weighted by Gasteiger charge is -2.45. The molecule has 1 aromatic carbocycles. The van der Waals surface area contributed by atoms with Gasteiger partial charge in [0.25, 0.3) is 0 Å². The summed E-state index contributed by atoms with van der Waals surface area (Å²) in [6.07, 6.45) is 8.45. The lowest BCUT2D eigenvalue weighted by Crippen LogP contribution is -2.52. The molecule has 4 atom stereocenters. The number of phenols is 1. The topological polar surface area (TPSA) is 58.6 Å². The van der Waals surface area contributed by atoms with E-state index < -0.39 is 0 Å². The first-order valence-electron chi connectivity index (χ1n) is 10.7. The summed E-state index contributed by atoms with van der Waals surface area (Å²) in [6.45, 7) is 5.64. The number of hydrogen-bond acceptors (Lipinski definition) is 4. The van der Waals surface area contributed by atoms with Crippen LogP contribution in [0, 0.1) is 11.8 Å². The van der Waals surface area contributed by atoms with Crippen LogP contribution in [0.1, 0.15) is 69.9 Å². The van der Waals surface area contributed by atoms with E-state index in [4.69, 9.17) is 4.74 Å². The first-order chi connectivity index (χ1) is 13.4. The molecule has 3 unspecified atom stereocenters. The van der Waals surface area contributed by atoms with Gasteiger partial charge in [0.2, 0.25) is 0 Å². The van der Waals surface area contributed by atoms with E-state index in [1.165, 1.54) is 24.8 Å². The Morgan fingerprint density at radius 1 is 1.39 bits per heavy atom. The van der Waals surface area contributed by atoms with Crippen molar-refractivity contribution in [2.75, 3.05) is 13.7 Å². The van der Waals surface area contributed by atoms with E-state index in [0.717, 1.165) is 48.0 Å². The largest absolute Gasteiger partial charge is 0.504 e. The Balaban J connectivity index is 1.82. The molecule has 0 heterocycles. The minimum atomic E-state index is -0.120. The number of aromatic hydroxyl groups is 1. The molecule has 0 amide bonds. The zero-order chi connectivity index (χ0) is 20.1. The van der Waals surface area contributed by atoms with Crippen molar-refractivity contribution < 1.29 is 14.6 Å². The Morgan fingerprint density at radius 3 is 2.71 bits per heavy atom. The SMILES string of the molecule is CC[C@@]12CC(C)(c3c(Br)cc(OC)c(O)c31)C(NCC1CCC1)C2CCC=O. The van der Waals surface area contributed by atoms with Gasteiger partial charge in [-0.1, -0.05) is 36.2 Å². The molecule has 0 spiro atoms. The van der Waals surface area contributed by atoms with Crippen LogP contribution < -0.4 is 10.1 Å². The first kappa shape index (κ1) is 20.2. The van der Waals surface area contributed by atoms with Gasteiger partial charge in [-0.3, -0.25) is 0 Å². The average Bonchev–Trinajstić information content (AvgIpc) is 3.06. The molecular weight excluding hydrogens is 418 g/mol. The fraction of sp³-hybridized carbons (Fsp3) is 0.696. The summed E-state index contributed by atoms with van der Waals surface area (Å²) in [7, 11) is 1.61. The number of aldehydes is 1. The summed E-state index contributed by atoms with van der Waals surface area (Å²) < 4.78 is 6.50. The molecule has 4 rings (SSSR count). The lowest BCUT2D eigenvalue weighted by molar-refractivity contribution is -0.108. The molecular formula is C23H32BrNO3. The highest BCUT2D eigenvalue weighted by Gasteiger charge is 2.66. The number of carbonyl (C=O) groups excluding carboxylic acids is 1. The summed E-state index contributed by atoms with van der Waals surface area (Å²) in [5.74, 6) is 1.95. The van der Waals surface area contributed by atoms with E-state index in [2.05, 4.69) is 35.1 Å². The summed E-state index contributed by atoms with van der Waals surface area (Å²) in [4.78, 5) is 11.2. The highest BCUT2D eigenvalue weighted by atomic mass is 79.9. The van der Waals surface area contributed by atoms with Gasteiger partial charge in [-0.2, -0.15) is 0 Å². The average molecular weight is 450 g/mol. The van der Waals surface area contributed by atoms with Crippen molar-refractivity contribution in [3.8, 4) is 11.5 Å². The molecule has 5 heteroatoms. The minimum Gasteiger partial charge on any atom is -0.504 e. The molecule has 3 aliphatic carbocycles. The summed E-state index contributed by atoms with van der Waals surface area (Å²) >= 11 is 3.79. The Morgan fingerprint density at radius 2 is 2.14 bits per heavy atom. The van der Waals surface area contributed by atoms with Gasteiger partial charge in [0, 0.05) is 33.3 Å². The number of carbonyl (C=O) groups is 1. The minimum absolute atomic E-state index is 0.0643. The van der Waals surface area contributed by atoms with Crippen LogP contribution in [0.4, 0.5) is 0 Å². The Bertz CT molecular complexity index is 778. The highest BCUT2D eigenvalue weighted by Crippen LogP contribution is 2.69. The van der Waals surface area contributed by atoms with Crippen LogP contribution in [0.3, 0.4) is 0 Å². The fourth-order valence-corrected chi connectivity index (χ4v) is 7.46. The molecule has 0 radical (unpaired) electrons. The Kier molecular flexibility index (Phi) is 5.28. The second-order valence-electron chi connectivity index (χ2n) is 9.30. The number of ether oxygens (including phenoxy) is 1. The second kappa shape index (κ2) is 7.32. The number of nitrogens with one attached hydrogen (secondary N) is 1. The van der Waals surface area contributed by atoms with Crippen LogP contribution in [0.25, 0.3) is 0 Å². The zero-order valence-corrected chi connectivity index (χ0v) is 18.8. The number of phenolic OH excluding ortho intramolecular Hbond substituents is 1. The summed E-state index contributed by atoms with van der Waals surface area (Å²) in [6, 6.07) is 2.23. The Hall–Kier alpha value is -1.07. The predicted octanol–water partition coefficient (Wildman–Crippen LogP) is 4.84. The van der Waals surface area contributed by atoms with E-state index in [1.807, 2.05) is 6.07 Å². The number of rotatable bonds is 8. The highest BCUT2D eigenvalue weighted by molar-refractivity contribution is 9.10. The third kappa shape index (κ3) is 2.68. The van der Waals surface area contributed by atoms with Crippen molar-refractivity contribution in [1.82, 2.24) is 5.32 Å². The normalized spacial score (nSPS) is 33.6. The molecule has 4 nitrogen and oxygen atoms in total. The van der Waals surface area contributed by atoms with Crippen molar-refractivity contribution >= 4 is 22.2 Å². The van der Waals surface area contributed by atoms with Crippen LogP contribution >= 0.6 is 15.9 Å². The second-order valence-corrected chi connectivity index (χ2v) is 10.2. The van der Waals surface area contributed by atoms with Gasteiger partial charge in [0.05, 0.1) is 7.11 Å². The number of methoxy groups -OCH3 is 1. The quantitative estimate of drug-likeness (QED) is 0.557. The van der Waals surface area contributed by atoms with Gasteiger partial charge in [-0.15, -0.1) is 0 Å². The molecule has 28 heavy (non-hydrogen) atoms.